The van der Waals surface area contributed by atoms with Crippen LogP contribution in [0.3, 0.4) is 0 Å². The molecule has 40 heavy (non-hydrogen) atoms. The lowest BCUT2D eigenvalue weighted by Crippen LogP contribution is -2.38. The van der Waals surface area contributed by atoms with Gasteiger partial charge in [-0.25, -0.2) is 31.5 Å². The van der Waals surface area contributed by atoms with Crippen LogP contribution in [0.2, 0.25) is 5.02 Å². The van der Waals surface area contributed by atoms with E-state index in [1.54, 1.807) is 31.2 Å². The molecular weight excluding hydrogens is 578 g/mol. The topological polar surface area (TPSA) is 148 Å². The van der Waals surface area contributed by atoms with Crippen LogP contribution in [0.1, 0.15) is 6.92 Å². The van der Waals surface area contributed by atoms with Gasteiger partial charge in [0.25, 0.3) is 20.0 Å². The predicted octanol–water partition coefficient (Wildman–Crippen LogP) is 4.16. The molecule has 0 atom stereocenters. The van der Waals surface area contributed by atoms with Crippen molar-refractivity contribution < 1.29 is 26.4 Å². The first kappa shape index (κ1) is 28.8. The molecule has 4 rings (SSSR count). The average molecular weight is 602 g/mol. The number of benzene rings is 3. The van der Waals surface area contributed by atoms with Gasteiger partial charge in [-0.1, -0.05) is 23.7 Å². The van der Waals surface area contributed by atoms with E-state index >= 15 is 0 Å². The van der Waals surface area contributed by atoms with Gasteiger partial charge in [0.15, 0.2) is 0 Å². The Morgan fingerprint density at radius 2 is 1.50 bits per heavy atom. The largest absolute Gasteiger partial charge is 0.492 e. The van der Waals surface area contributed by atoms with Gasteiger partial charge in [-0.3, -0.25) is 9.10 Å². The molecule has 208 valence electrons. The maximum atomic E-state index is 13.7. The Balaban J connectivity index is 1.57. The number of halogens is 1. The molecule has 1 amide bonds. The summed E-state index contributed by atoms with van der Waals surface area (Å²) in [5, 5.41) is 2.96. The average Bonchev–Trinajstić information content (AvgIpc) is 2.93. The molecule has 11 nitrogen and oxygen atoms in total. The van der Waals surface area contributed by atoms with Crippen LogP contribution in [0.4, 0.5) is 17.3 Å². The molecule has 0 aliphatic carbocycles. The molecule has 0 unspecified atom stereocenters. The van der Waals surface area contributed by atoms with E-state index in [4.69, 9.17) is 16.3 Å². The quantitative estimate of drug-likeness (QED) is 0.260. The van der Waals surface area contributed by atoms with E-state index in [1.807, 2.05) is 0 Å². The molecule has 0 aliphatic rings. The van der Waals surface area contributed by atoms with Gasteiger partial charge in [0.1, 0.15) is 12.3 Å². The molecule has 0 aliphatic heterocycles. The summed E-state index contributed by atoms with van der Waals surface area (Å²) in [5.41, 5.74) is 0.423. The van der Waals surface area contributed by atoms with E-state index in [0.717, 1.165) is 4.31 Å². The van der Waals surface area contributed by atoms with Crippen molar-refractivity contribution in [2.45, 2.75) is 16.7 Å². The lowest BCUT2D eigenvalue weighted by Gasteiger charge is -2.26. The normalized spacial score (nSPS) is 11.4. The van der Waals surface area contributed by atoms with Crippen LogP contribution in [0.5, 0.6) is 5.75 Å². The second-order valence-electron chi connectivity index (χ2n) is 8.12. The van der Waals surface area contributed by atoms with E-state index in [0.29, 0.717) is 5.02 Å². The number of anilines is 3. The van der Waals surface area contributed by atoms with Crippen molar-refractivity contribution in [2.24, 2.45) is 0 Å². The summed E-state index contributed by atoms with van der Waals surface area (Å²) >= 11 is 5.94. The van der Waals surface area contributed by atoms with E-state index in [2.05, 4.69) is 20.0 Å². The number of hydrogen-bond donors (Lipinski definition) is 2. The molecule has 0 saturated heterocycles. The van der Waals surface area contributed by atoms with Crippen LogP contribution >= 0.6 is 11.6 Å². The molecule has 0 fully saturated rings. The maximum Gasteiger partial charge on any atom is 0.264 e. The molecule has 0 radical (unpaired) electrons. The summed E-state index contributed by atoms with van der Waals surface area (Å²) < 4.78 is 61.4. The number of sulfonamides is 2. The first-order valence-electron chi connectivity index (χ1n) is 11.8. The molecule has 0 saturated carbocycles. The minimum atomic E-state index is -4.22. The van der Waals surface area contributed by atoms with Crippen LogP contribution in [-0.2, 0) is 24.8 Å². The van der Waals surface area contributed by atoms with Crippen molar-refractivity contribution in [1.82, 2.24) is 9.97 Å². The van der Waals surface area contributed by atoms with Gasteiger partial charge < -0.3 is 10.1 Å². The van der Waals surface area contributed by atoms with Gasteiger partial charge in [-0.15, -0.1) is 0 Å². The lowest BCUT2D eigenvalue weighted by atomic mass is 10.3. The van der Waals surface area contributed by atoms with Crippen LogP contribution in [-0.4, -0.2) is 45.9 Å². The number of aromatic nitrogens is 2. The highest BCUT2D eigenvalue weighted by molar-refractivity contribution is 7.93. The van der Waals surface area contributed by atoms with Gasteiger partial charge >= 0.3 is 0 Å². The smallest absolute Gasteiger partial charge is 0.264 e. The summed E-state index contributed by atoms with van der Waals surface area (Å²) in [6.45, 7) is 1.44. The Morgan fingerprint density at radius 3 is 2.15 bits per heavy atom. The maximum absolute atomic E-state index is 13.7. The summed E-state index contributed by atoms with van der Waals surface area (Å²) in [7, 11) is -8.20. The molecule has 0 spiro atoms. The molecule has 1 aromatic heterocycles. The van der Waals surface area contributed by atoms with E-state index in [9.17, 15) is 21.6 Å². The molecule has 2 N–H and O–H groups in total. The number of carbonyl (C=O) groups excluding carboxylic acids is 1. The molecular formula is C26H24ClN5O6S2. The standard InChI is InChI=1S/C26H24ClN5O6S2/c1-2-38-24-7-4-3-6-23(24)32(40(36,37)22-12-8-19(27)9-13-22)18-25(33)30-20-10-14-21(15-11-20)39(34,35)31-26-28-16-5-17-29-26/h3-17H,2,18H2,1H3,(H,30,33)(H,28,29,31). The van der Waals surface area contributed by atoms with Crippen LogP contribution in [0.25, 0.3) is 0 Å². The van der Waals surface area contributed by atoms with Crippen molar-refractivity contribution in [3.8, 4) is 5.75 Å². The summed E-state index contributed by atoms with van der Waals surface area (Å²) in [6, 6.07) is 18.9. The Bertz CT molecular complexity index is 1690. The highest BCUT2D eigenvalue weighted by atomic mass is 35.5. The Morgan fingerprint density at radius 1 is 0.875 bits per heavy atom. The van der Waals surface area contributed by atoms with Crippen molar-refractivity contribution in [3.05, 3.63) is 96.3 Å². The molecule has 0 bridgehead atoms. The Hall–Kier alpha value is -4.20. The van der Waals surface area contributed by atoms with Gasteiger partial charge in [-0.2, -0.15) is 0 Å². The summed E-state index contributed by atoms with van der Waals surface area (Å²) in [4.78, 5) is 20.6. The van der Waals surface area contributed by atoms with E-state index in [-0.39, 0.29) is 39.5 Å². The van der Waals surface area contributed by atoms with Crippen molar-refractivity contribution >= 4 is 54.9 Å². The fraction of sp³-hybridized carbons (Fsp3) is 0.115. The number of rotatable bonds is 11. The third kappa shape index (κ3) is 6.86. The van der Waals surface area contributed by atoms with E-state index in [1.165, 1.54) is 67.0 Å². The third-order valence-corrected chi connectivity index (χ3v) is 8.73. The van der Waals surface area contributed by atoms with Crippen LogP contribution in [0, 0.1) is 0 Å². The zero-order valence-corrected chi connectivity index (χ0v) is 23.4. The minimum absolute atomic E-state index is 0.0690. The molecule has 4 aromatic rings. The molecule has 14 heteroatoms. The SMILES string of the molecule is CCOc1ccccc1N(CC(=O)Nc1ccc(S(=O)(=O)Nc2ncccn2)cc1)S(=O)(=O)c1ccc(Cl)cc1. The van der Waals surface area contributed by atoms with Crippen molar-refractivity contribution in [1.29, 1.82) is 0 Å². The first-order chi connectivity index (χ1) is 19.1. The third-order valence-electron chi connectivity index (χ3n) is 5.36. The lowest BCUT2D eigenvalue weighted by molar-refractivity contribution is -0.114. The number of nitrogens with one attached hydrogen (secondary N) is 2. The monoisotopic (exact) mass is 601 g/mol. The van der Waals surface area contributed by atoms with Crippen LogP contribution in [0.15, 0.2) is 101 Å². The zero-order valence-electron chi connectivity index (χ0n) is 21.1. The highest BCUT2D eigenvalue weighted by Crippen LogP contribution is 2.33. The van der Waals surface area contributed by atoms with Crippen molar-refractivity contribution in [3.63, 3.8) is 0 Å². The fourth-order valence-corrected chi connectivity index (χ4v) is 6.07. The number of nitrogens with zero attached hydrogens (tertiary/aromatic N) is 3. The van der Waals surface area contributed by atoms with Gasteiger partial charge in [0.05, 0.1) is 22.1 Å². The van der Waals surface area contributed by atoms with Gasteiger partial charge in [0, 0.05) is 23.1 Å². The van der Waals surface area contributed by atoms with Crippen LogP contribution < -0.4 is 19.1 Å². The Kier molecular flexibility index (Phi) is 8.87. The number of hydrogen-bond acceptors (Lipinski definition) is 8. The number of carbonyl (C=O) groups is 1. The first-order valence-corrected chi connectivity index (χ1v) is 15.1. The van der Waals surface area contributed by atoms with Gasteiger partial charge in [-0.05, 0) is 73.7 Å². The highest BCUT2D eigenvalue weighted by Gasteiger charge is 2.29. The Labute approximate surface area is 236 Å². The number of amides is 1. The van der Waals surface area contributed by atoms with Gasteiger partial charge in [0.2, 0.25) is 11.9 Å². The molecule has 3 aromatic carbocycles. The second-order valence-corrected chi connectivity index (χ2v) is 12.1. The predicted molar refractivity (Wildman–Crippen MR) is 152 cm³/mol. The summed E-state index contributed by atoms with van der Waals surface area (Å²) in [6.07, 6.45) is 2.79. The fourth-order valence-electron chi connectivity index (χ4n) is 3.55. The minimum Gasteiger partial charge on any atom is -0.492 e. The zero-order chi connectivity index (χ0) is 28.8. The van der Waals surface area contributed by atoms with Crippen molar-refractivity contribution in [2.75, 3.05) is 27.5 Å². The number of para-hydroxylation sites is 2. The number of ether oxygens (including phenoxy) is 1. The summed E-state index contributed by atoms with van der Waals surface area (Å²) in [5.74, 6) is -0.482. The second kappa shape index (κ2) is 12.3. The molecule has 1 heterocycles. The van der Waals surface area contributed by atoms with E-state index < -0.39 is 32.5 Å².